The molecule has 0 radical (unpaired) electrons. The summed E-state index contributed by atoms with van der Waals surface area (Å²) in [6.45, 7) is 2.18. The van der Waals surface area contributed by atoms with Crippen LogP contribution in [0.3, 0.4) is 0 Å². The fourth-order valence-corrected chi connectivity index (χ4v) is 2.98. The van der Waals surface area contributed by atoms with Crippen molar-refractivity contribution in [3.8, 4) is 0 Å². The van der Waals surface area contributed by atoms with Crippen LogP contribution in [0.15, 0.2) is 42.6 Å². The van der Waals surface area contributed by atoms with Crippen molar-refractivity contribution >= 4 is 11.6 Å². The molecule has 1 saturated heterocycles. The number of nitrogens with one attached hydrogen (secondary N) is 1. The Kier molecular flexibility index (Phi) is 5.41. The number of nitrogens with zero attached hydrogens (tertiary/aromatic N) is 2. The number of amides is 1. The third-order valence-electron chi connectivity index (χ3n) is 4.34. The summed E-state index contributed by atoms with van der Waals surface area (Å²) in [6, 6.07) is 10.2. The summed E-state index contributed by atoms with van der Waals surface area (Å²) in [5, 5.41) is 2.74. The Labute approximate surface area is 141 Å². The van der Waals surface area contributed by atoms with Crippen molar-refractivity contribution in [2.75, 3.05) is 18.0 Å². The maximum absolute atomic E-state index is 13.6. The van der Waals surface area contributed by atoms with Crippen molar-refractivity contribution in [1.82, 2.24) is 10.3 Å². The van der Waals surface area contributed by atoms with E-state index in [1.807, 2.05) is 12.1 Å². The zero-order valence-electron chi connectivity index (χ0n) is 13.7. The summed E-state index contributed by atoms with van der Waals surface area (Å²) in [6.07, 6.45) is 6.54. The SMILES string of the molecule is O=C(NCc1ccccc1F)c1cc(N2CCCCCC2)ccn1. The number of hydrogen-bond acceptors (Lipinski definition) is 3. The van der Waals surface area contributed by atoms with Gasteiger partial charge < -0.3 is 10.2 Å². The number of pyridine rings is 1. The van der Waals surface area contributed by atoms with Crippen molar-refractivity contribution < 1.29 is 9.18 Å². The van der Waals surface area contributed by atoms with E-state index in [1.165, 1.54) is 31.7 Å². The van der Waals surface area contributed by atoms with E-state index in [2.05, 4.69) is 15.2 Å². The Morgan fingerprint density at radius 1 is 1.12 bits per heavy atom. The minimum absolute atomic E-state index is 0.154. The number of anilines is 1. The smallest absolute Gasteiger partial charge is 0.270 e. The Bertz CT molecular complexity index is 697. The van der Waals surface area contributed by atoms with Gasteiger partial charge in [0.15, 0.2) is 0 Å². The van der Waals surface area contributed by atoms with Gasteiger partial charge in [-0.3, -0.25) is 9.78 Å². The third-order valence-corrected chi connectivity index (χ3v) is 4.34. The summed E-state index contributed by atoms with van der Waals surface area (Å²) >= 11 is 0. The summed E-state index contributed by atoms with van der Waals surface area (Å²) in [5.41, 5.74) is 1.87. The summed E-state index contributed by atoms with van der Waals surface area (Å²) < 4.78 is 13.6. The van der Waals surface area contributed by atoms with E-state index < -0.39 is 0 Å². The number of halogens is 1. The van der Waals surface area contributed by atoms with E-state index in [4.69, 9.17) is 0 Å². The minimum Gasteiger partial charge on any atom is -0.371 e. The fraction of sp³-hybridized carbons (Fsp3) is 0.368. The zero-order chi connectivity index (χ0) is 16.8. The highest BCUT2D eigenvalue weighted by atomic mass is 19.1. The molecule has 1 aliphatic heterocycles. The molecule has 0 aliphatic carbocycles. The van der Waals surface area contributed by atoms with Crippen LogP contribution in [0.1, 0.15) is 41.7 Å². The van der Waals surface area contributed by atoms with Crippen molar-refractivity contribution in [2.24, 2.45) is 0 Å². The Morgan fingerprint density at radius 3 is 2.62 bits per heavy atom. The van der Waals surface area contributed by atoms with Gasteiger partial charge in [0, 0.05) is 37.1 Å². The van der Waals surface area contributed by atoms with Crippen LogP contribution >= 0.6 is 0 Å². The maximum Gasteiger partial charge on any atom is 0.270 e. The predicted octanol–water partition coefficient (Wildman–Crippen LogP) is 3.53. The van der Waals surface area contributed by atoms with Crippen molar-refractivity contribution in [2.45, 2.75) is 32.2 Å². The molecule has 1 aromatic heterocycles. The molecule has 5 heteroatoms. The molecule has 1 amide bonds. The molecule has 1 N–H and O–H groups in total. The molecule has 0 unspecified atom stereocenters. The highest BCUT2D eigenvalue weighted by molar-refractivity contribution is 5.93. The Hall–Kier alpha value is -2.43. The molecule has 0 atom stereocenters. The first-order valence-corrected chi connectivity index (χ1v) is 8.46. The van der Waals surface area contributed by atoms with E-state index in [0.717, 1.165) is 18.8 Å². The van der Waals surface area contributed by atoms with Gasteiger partial charge in [-0.2, -0.15) is 0 Å². The molecule has 4 nitrogen and oxygen atoms in total. The van der Waals surface area contributed by atoms with Gasteiger partial charge in [0.2, 0.25) is 0 Å². The first kappa shape index (κ1) is 16.4. The standard InChI is InChI=1S/C19H22FN3O/c20-17-8-4-3-7-15(17)14-22-19(24)18-13-16(9-10-21-18)23-11-5-1-2-6-12-23/h3-4,7-10,13H,1-2,5-6,11-12,14H2,(H,22,24). The lowest BCUT2D eigenvalue weighted by atomic mass is 10.2. The summed E-state index contributed by atoms with van der Waals surface area (Å²) in [7, 11) is 0. The van der Waals surface area contributed by atoms with Gasteiger partial charge in [0.05, 0.1) is 0 Å². The van der Waals surface area contributed by atoms with Gasteiger partial charge in [-0.25, -0.2) is 4.39 Å². The van der Waals surface area contributed by atoms with Crippen LogP contribution < -0.4 is 10.2 Å². The van der Waals surface area contributed by atoms with Crippen LogP contribution in [0, 0.1) is 5.82 Å². The molecule has 1 aliphatic rings. The van der Waals surface area contributed by atoms with E-state index in [0.29, 0.717) is 11.3 Å². The average Bonchev–Trinajstić information content (AvgIpc) is 2.90. The summed E-state index contributed by atoms with van der Waals surface area (Å²) in [5.74, 6) is -0.598. The first-order chi connectivity index (χ1) is 11.7. The fourth-order valence-electron chi connectivity index (χ4n) is 2.98. The van der Waals surface area contributed by atoms with Crippen molar-refractivity contribution in [3.05, 3.63) is 59.7 Å². The topological polar surface area (TPSA) is 45.2 Å². The quantitative estimate of drug-likeness (QED) is 0.934. The Balaban J connectivity index is 1.66. The van der Waals surface area contributed by atoms with Gasteiger partial charge in [-0.05, 0) is 31.0 Å². The van der Waals surface area contributed by atoms with Gasteiger partial charge >= 0.3 is 0 Å². The summed E-state index contributed by atoms with van der Waals surface area (Å²) in [4.78, 5) is 18.8. The molecule has 2 aromatic rings. The lowest BCUT2D eigenvalue weighted by Gasteiger charge is -2.22. The van der Waals surface area contributed by atoms with Gasteiger partial charge in [0.1, 0.15) is 11.5 Å². The van der Waals surface area contributed by atoms with Gasteiger partial charge in [-0.15, -0.1) is 0 Å². The third kappa shape index (κ3) is 4.10. The van der Waals surface area contributed by atoms with Crippen LogP contribution in [-0.2, 0) is 6.54 Å². The second-order valence-corrected chi connectivity index (χ2v) is 6.07. The van der Waals surface area contributed by atoms with Gasteiger partial charge in [-0.1, -0.05) is 31.0 Å². The van der Waals surface area contributed by atoms with Crippen LogP contribution in [0.4, 0.5) is 10.1 Å². The zero-order valence-corrected chi connectivity index (χ0v) is 13.7. The molecule has 1 aromatic carbocycles. The van der Waals surface area contributed by atoms with E-state index in [9.17, 15) is 9.18 Å². The minimum atomic E-state index is -0.316. The molecule has 24 heavy (non-hydrogen) atoms. The monoisotopic (exact) mass is 327 g/mol. The van der Waals surface area contributed by atoms with Gasteiger partial charge in [0.25, 0.3) is 5.91 Å². The number of hydrogen-bond donors (Lipinski definition) is 1. The van der Waals surface area contributed by atoms with E-state index >= 15 is 0 Å². The second kappa shape index (κ2) is 7.90. The van der Waals surface area contributed by atoms with Crippen molar-refractivity contribution in [1.29, 1.82) is 0 Å². The molecule has 0 spiro atoms. The first-order valence-electron chi connectivity index (χ1n) is 8.46. The van der Waals surface area contributed by atoms with Crippen molar-refractivity contribution in [3.63, 3.8) is 0 Å². The highest BCUT2D eigenvalue weighted by Gasteiger charge is 2.13. The van der Waals surface area contributed by atoms with Crippen LogP contribution in [0.25, 0.3) is 0 Å². The molecule has 3 rings (SSSR count). The molecule has 0 bridgehead atoms. The maximum atomic E-state index is 13.6. The molecule has 126 valence electrons. The number of benzene rings is 1. The van der Waals surface area contributed by atoms with Crippen LogP contribution in [0.2, 0.25) is 0 Å². The largest absolute Gasteiger partial charge is 0.371 e. The second-order valence-electron chi connectivity index (χ2n) is 6.07. The Morgan fingerprint density at radius 2 is 1.88 bits per heavy atom. The number of rotatable bonds is 4. The predicted molar refractivity (Wildman–Crippen MR) is 92.5 cm³/mol. The van der Waals surface area contributed by atoms with E-state index in [1.54, 1.807) is 24.4 Å². The normalized spacial score (nSPS) is 15.0. The van der Waals surface area contributed by atoms with Crippen LogP contribution in [0.5, 0.6) is 0 Å². The van der Waals surface area contributed by atoms with E-state index in [-0.39, 0.29) is 18.3 Å². The number of carbonyl (C=O) groups excluding carboxylic acids is 1. The molecule has 0 saturated carbocycles. The van der Waals surface area contributed by atoms with Crippen LogP contribution in [-0.4, -0.2) is 24.0 Å². The highest BCUT2D eigenvalue weighted by Crippen LogP contribution is 2.19. The molecular weight excluding hydrogens is 305 g/mol. The number of carbonyl (C=O) groups is 1. The molecular formula is C19H22FN3O. The number of aromatic nitrogens is 1. The lowest BCUT2D eigenvalue weighted by molar-refractivity contribution is 0.0945. The molecule has 2 heterocycles. The molecule has 1 fully saturated rings. The average molecular weight is 327 g/mol. The lowest BCUT2D eigenvalue weighted by Crippen LogP contribution is -2.26.